The monoisotopic (exact) mass is 233 g/mol. The third-order valence-electron chi connectivity index (χ3n) is 2.33. The van der Waals surface area contributed by atoms with Crippen LogP contribution in [0.3, 0.4) is 0 Å². The summed E-state index contributed by atoms with van der Waals surface area (Å²) >= 11 is 1.78. The van der Waals surface area contributed by atoms with Gasteiger partial charge in [0.15, 0.2) is 0 Å². The molecule has 0 saturated heterocycles. The minimum Gasteiger partial charge on any atom is -0.307 e. The van der Waals surface area contributed by atoms with Crippen molar-refractivity contribution >= 4 is 11.3 Å². The quantitative estimate of drug-likeness (QED) is 0.862. The van der Waals surface area contributed by atoms with Crippen molar-refractivity contribution in [2.24, 2.45) is 0 Å². The number of aromatic nitrogens is 2. The van der Waals surface area contributed by atoms with Gasteiger partial charge >= 0.3 is 0 Å². The SMILES string of the molecule is CCNC(Cc1cccs1)c1ncccn1. The number of likely N-dealkylation sites (N-methyl/N-ethyl adjacent to an activating group) is 1. The molecule has 1 unspecified atom stereocenters. The largest absolute Gasteiger partial charge is 0.307 e. The highest BCUT2D eigenvalue weighted by molar-refractivity contribution is 7.09. The third kappa shape index (κ3) is 2.87. The second-order valence-electron chi connectivity index (χ2n) is 3.50. The highest BCUT2D eigenvalue weighted by Gasteiger charge is 2.13. The van der Waals surface area contributed by atoms with Gasteiger partial charge in [-0.3, -0.25) is 0 Å². The van der Waals surface area contributed by atoms with Crippen LogP contribution in [0.4, 0.5) is 0 Å². The summed E-state index contributed by atoms with van der Waals surface area (Å²) in [7, 11) is 0. The van der Waals surface area contributed by atoms with Crippen LogP contribution < -0.4 is 5.32 Å². The van der Waals surface area contributed by atoms with Gasteiger partial charge in [0.05, 0.1) is 6.04 Å². The van der Waals surface area contributed by atoms with Gasteiger partial charge < -0.3 is 5.32 Å². The highest BCUT2D eigenvalue weighted by Crippen LogP contribution is 2.18. The van der Waals surface area contributed by atoms with Crippen LogP contribution in [-0.4, -0.2) is 16.5 Å². The van der Waals surface area contributed by atoms with Crippen LogP contribution in [0, 0.1) is 0 Å². The summed E-state index contributed by atoms with van der Waals surface area (Å²) in [6, 6.07) is 6.29. The molecule has 84 valence electrons. The summed E-state index contributed by atoms with van der Waals surface area (Å²) in [5, 5.41) is 5.52. The summed E-state index contributed by atoms with van der Waals surface area (Å²) in [5.41, 5.74) is 0. The van der Waals surface area contributed by atoms with E-state index in [0.29, 0.717) is 0 Å². The van der Waals surface area contributed by atoms with Crippen LogP contribution in [0.15, 0.2) is 36.0 Å². The maximum absolute atomic E-state index is 4.31. The van der Waals surface area contributed by atoms with Crippen LogP contribution in [0.5, 0.6) is 0 Å². The van der Waals surface area contributed by atoms with Crippen LogP contribution >= 0.6 is 11.3 Å². The van der Waals surface area contributed by atoms with Gasteiger partial charge in [-0.2, -0.15) is 0 Å². The van der Waals surface area contributed by atoms with Gasteiger partial charge in [0.25, 0.3) is 0 Å². The number of hydrogen-bond acceptors (Lipinski definition) is 4. The molecule has 0 spiro atoms. The minimum absolute atomic E-state index is 0.213. The first-order valence-corrected chi connectivity index (χ1v) is 6.30. The molecular formula is C12H15N3S. The predicted molar refractivity (Wildman–Crippen MR) is 66.5 cm³/mol. The fraction of sp³-hybridized carbons (Fsp3) is 0.333. The molecule has 2 rings (SSSR count). The zero-order valence-electron chi connectivity index (χ0n) is 9.26. The number of rotatable bonds is 5. The van der Waals surface area contributed by atoms with Gasteiger partial charge in [0.1, 0.15) is 5.82 Å². The van der Waals surface area contributed by atoms with E-state index < -0.39 is 0 Å². The molecule has 3 nitrogen and oxygen atoms in total. The molecule has 0 aromatic carbocycles. The van der Waals surface area contributed by atoms with E-state index in [1.807, 2.05) is 6.07 Å². The first-order valence-electron chi connectivity index (χ1n) is 5.43. The molecule has 0 radical (unpaired) electrons. The summed E-state index contributed by atoms with van der Waals surface area (Å²) in [4.78, 5) is 9.98. The summed E-state index contributed by atoms with van der Waals surface area (Å²) < 4.78 is 0. The van der Waals surface area contributed by atoms with Crippen molar-refractivity contribution < 1.29 is 0 Å². The molecule has 0 aliphatic rings. The summed E-state index contributed by atoms with van der Waals surface area (Å²) in [5.74, 6) is 0.873. The molecule has 1 atom stereocenters. The first kappa shape index (κ1) is 11.2. The Balaban J connectivity index is 2.11. The highest BCUT2D eigenvalue weighted by atomic mass is 32.1. The number of thiophene rings is 1. The molecule has 0 bridgehead atoms. The van der Waals surface area contributed by atoms with E-state index in [4.69, 9.17) is 0 Å². The zero-order chi connectivity index (χ0) is 11.2. The Kier molecular flexibility index (Phi) is 4.02. The molecule has 0 amide bonds. The Morgan fingerprint density at radius 1 is 1.31 bits per heavy atom. The van der Waals surface area contributed by atoms with E-state index >= 15 is 0 Å². The van der Waals surface area contributed by atoms with Gasteiger partial charge in [0, 0.05) is 23.7 Å². The number of nitrogens with zero attached hydrogens (tertiary/aromatic N) is 2. The molecule has 0 fully saturated rings. The molecule has 16 heavy (non-hydrogen) atoms. The Morgan fingerprint density at radius 2 is 2.12 bits per heavy atom. The van der Waals surface area contributed by atoms with Crippen molar-refractivity contribution in [3.63, 3.8) is 0 Å². The van der Waals surface area contributed by atoms with Crippen LogP contribution in [-0.2, 0) is 6.42 Å². The van der Waals surface area contributed by atoms with Gasteiger partial charge in [-0.1, -0.05) is 13.0 Å². The van der Waals surface area contributed by atoms with Crippen LogP contribution in [0.2, 0.25) is 0 Å². The molecule has 1 N–H and O–H groups in total. The molecule has 4 heteroatoms. The minimum atomic E-state index is 0.213. The third-order valence-corrected chi connectivity index (χ3v) is 3.23. The van der Waals surface area contributed by atoms with Crippen molar-refractivity contribution in [3.05, 3.63) is 46.7 Å². The average molecular weight is 233 g/mol. The average Bonchev–Trinajstić information content (AvgIpc) is 2.83. The molecule has 0 aliphatic carbocycles. The molecule has 0 saturated carbocycles. The fourth-order valence-electron chi connectivity index (χ4n) is 1.62. The Morgan fingerprint density at radius 3 is 2.75 bits per heavy atom. The summed E-state index contributed by atoms with van der Waals surface area (Å²) in [6.07, 6.45) is 4.54. The standard InChI is InChI=1S/C12H15N3S/c1-2-13-11(9-10-5-3-8-16-10)12-14-6-4-7-15-12/h3-8,11,13H,2,9H2,1H3. The van der Waals surface area contributed by atoms with Gasteiger partial charge in [-0.25, -0.2) is 9.97 Å². The lowest BCUT2D eigenvalue weighted by Gasteiger charge is -2.15. The Labute approximate surface area is 99.6 Å². The smallest absolute Gasteiger partial charge is 0.145 e. The van der Waals surface area contributed by atoms with Crippen molar-refractivity contribution in [2.45, 2.75) is 19.4 Å². The molecule has 2 aromatic heterocycles. The zero-order valence-corrected chi connectivity index (χ0v) is 10.1. The van der Waals surface area contributed by atoms with E-state index in [-0.39, 0.29) is 6.04 Å². The number of hydrogen-bond donors (Lipinski definition) is 1. The fourth-order valence-corrected chi connectivity index (χ4v) is 2.37. The van der Waals surface area contributed by atoms with Crippen LogP contribution in [0.25, 0.3) is 0 Å². The molecule has 0 aliphatic heterocycles. The van der Waals surface area contributed by atoms with Crippen LogP contribution in [0.1, 0.15) is 23.7 Å². The number of nitrogens with one attached hydrogen (secondary N) is 1. The lowest BCUT2D eigenvalue weighted by Crippen LogP contribution is -2.24. The normalized spacial score (nSPS) is 12.6. The van der Waals surface area contributed by atoms with E-state index in [2.05, 4.69) is 39.7 Å². The van der Waals surface area contributed by atoms with E-state index in [1.54, 1.807) is 23.7 Å². The topological polar surface area (TPSA) is 37.8 Å². The Bertz CT molecular complexity index is 399. The lowest BCUT2D eigenvalue weighted by atomic mass is 10.1. The molecule has 2 heterocycles. The Hall–Kier alpha value is -1.26. The maximum Gasteiger partial charge on any atom is 0.145 e. The molecule has 2 aromatic rings. The van der Waals surface area contributed by atoms with E-state index in [1.165, 1.54) is 4.88 Å². The van der Waals surface area contributed by atoms with Gasteiger partial charge in [0.2, 0.25) is 0 Å². The van der Waals surface area contributed by atoms with E-state index in [9.17, 15) is 0 Å². The van der Waals surface area contributed by atoms with Gasteiger partial charge in [-0.15, -0.1) is 11.3 Å². The second kappa shape index (κ2) is 5.72. The van der Waals surface area contributed by atoms with Crippen molar-refractivity contribution in [1.82, 2.24) is 15.3 Å². The van der Waals surface area contributed by atoms with Crippen molar-refractivity contribution in [2.75, 3.05) is 6.54 Å². The molecular weight excluding hydrogens is 218 g/mol. The maximum atomic E-state index is 4.31. The summed E-state index contributed by atoms with van der Waals surface area (Å²) in [6.45, 7) is 3.03. The van der Waals surface area contributed by atoms with E-state index in [0.717, 1.165) is 18.8 Å². The lowest BCUT2D eigenvalue weighted by molar-refractivity contribution is 0.524. The second-order valence-corrected chi connectivity index (χ2v) is 4.53. The first-order chi connectivity index (χ1) is 7.90. The van der Waals surface area contributed by atoms with Crippen molar-refractivity contribution in [3.8, 4) is 0 Å². The predicted octanol–water partition coefficient (Wildman–Crippen LogP) is 2.43. The van der Waals surface area contributed by atoms with Gasteiger partial charge in [-0.05, 0) is 24.1 Å². The van der Waals surface area contributed by atoms with Crippen molar-refractivity contribution in [1.29, 1.82) is 0 Å².